The monoisotopic (exact) mass is 497 g/mol. The van der Waals surface area contributed by atoms with Gasteiger partial charge in [0.05, 0.1) is 13.0 Å². The third-order valence-corrected chi connectivity index (χ3v) is 6.85. The number of aliphatic carboxylic acids is 1. The number of ether oxygens (including phenoxy) is 1. The highest BCUT2D eigenvalue weighted by atomic mass is 16.5. The summed E-state index contributed by atoms with van der Waals surface area (Å²) < 4.78 is 5.24. The Labute approximate surface area is 217 Å². The topological polar surface area (TPSA) is 75.6 Å². The molecule has 0 radical (unpaired) electrons. The van der Waals surface area contributed by atoms with Crippen LogP contribution in [-0.2, 0) is 14.3 Å². The van der Waals surface area contributed by atoms with Gasteiger partial charge in [-0.1, -0.05) is 142 Å². The Balaban J connectivity index is 3.53. The van der Waals surface area contributed by atoms with Crippen LogP contribution >= 0.6 is 0 Å². The Morgan fingerprint density at radius 2 is 0.971 bits per heavy atom. The minimum atomic E-state index is -0.973. The van der Waals surface area contributed by atoms with E-state index >= 15 is 0 Å². The van der Waals surface area contributed by atoms with Gasteiger partial charge in [0.1, 0.15) is 6.04 Å². The molecule has 0 spiro atoms. The van der Waals surface area contributed by atoms with Gasteiger partial charge in [-0.2, -0.15) is 0 Å². The van der Waals surface area contributed by atoms with Crippen molar-refractivity contribution in [3.05, 3.63) is 0 Å². The number of rotatable bonds is 28. The molecule has 0 amide bonds. The summed E-state index contributed by atoms with van der Waals surface area (Å²) in [6, 6.07) is -0.844. The van der Waals surface area contributed by atoms with Crippen molar-refractivity contribution in [3.63, 3.8) is 0 Å². The normalized spacial score (nSPS) is 12.1. The molecule has 0 rings (SSSR count). The van der Waals surface area contributed by atoms with E-state index in [1.807, 2.05) is 0 Å². The molecule has 5 nitrogen and oxygen atoms in total. The van der Waals surface area contributed by atoms with E-state index in [0.717, 1.165) is 25.7 Å². The highest BCUT2D eigenvalue weighted by Crippen LogP contribution is 2.13. The number of unbranched alkanes of at least 4 members (excludes halogenated alkanes) is 20. The summed E-state index contributed by atoms with van der Waals surface area (Å²) in [4.78, 5) is 23.4. The van der Waals surface area contributed by atoms with Crippen LogP contribution in [0.25, 0.3) is 0 Å². The fourth-order valence-corrected chi connectivity index (χ4v) is 4.49. The first-order valence-electron chi connectivity index (χ1n) is 15.2. The van der Waals surface area contributed by atoms with E-state index < -0.39 is 18.0 Å². The van der Waals surface area contributed by atoms with Gasteiger partial charge in [-0.25, -0.2) is 0 Å². The summed E-state index contributed by atoms with van der Waals surface area (Å²) >= 11 is 0. The zero-order valence-electron chi connectivity index (χ0n) is 23.4. The molecule has 0 aliphatic heterocycles. The van der Waals surface area contributed by atoms with Crippen LogP contribution in [-0.4, -0.2) is 36.2 Å². The molecule has 0 aliphatic carbocycles. The van der Waals surface area contributed by atoms with Crippen molar-refractivity contribution in [1.82, 2.24) is 5.32 Å². The average molecular weight is 498 g/mol. The molecule has 0 aromatic carbocycles. The van der Waals surface area contributed by atoms with Crippen molar-refractivity contribution in [3.8, 4) is 0 Å². The van der Waals surface area contributed by atoms with Crippen molar-refractivity contribution >= 4 is 11.9 Å². The lowest BCUT2D eigenvalue weighted by atomic mass is 10.0. The fraction of sp³-hybridized carbons (Fsp3) is 0.933. The number of hydrogen-bond donors (Lipinski definition) is 2. The molecule has 0 saturated heterocycles. The number of hydrogen-bond acceptors (Lipinski definition) is 4. The van der Waals surface area contributed by atoms with Crippen LogP contribution in [0.15, 0.2) is 0 Å². The van der Waals surface area contributed by atoms with Crippen LogP contribution in [0.1, 0.15) is 162 Å². The van der Waals surface area contributed by atoms with E-state index in [-0.39, 0.29) is 6.42 Å². The Hall–Kier alpha value is -1.10. The molecule has 208 valence electrons. The average Bonchev–Trinajstić information content (AvgIpc) is 2.84. The predicted molar refractivity (Wildman–Crippen MR) is 148 cm³/mol. The maximum atomic E-state index is 12.0. The molecule has 0 fully saturated rings. The number of carbonyl (C=O) groups is 2. The van der Waals surface area contributed by atoms with Gasteiger partial charge in [0, 0.05) is 0 Å². The molecule has 0 aliphatic rings. The Morgan fingerprint density at radius 1 is 0.600 bits per heavy atom. The molecule has 5 heteroatoms. The van der Waals surface area contributed by atoms with Crippen LogP contribution in [0.3, 0.4) is 0 Å². The molecule has 0 aromatic rings. The largest absolute Gasteiger partial charge is 0.480 e. The van der Waals surface area contributed by atoms with E-state index in [0.29, 0.717) is 13.2 Å². The maximum Gasteiger partial charge on any atom is 0.321 e. The molecule has 1 unspecified atom stereocenters. The lowest BCUT2D eigenvalue weighted by Crippen LogP contribution is -2.39. The first-order valence-corrected chi connectivity index (χ1v) is 15.2. The van der Waals surface area contributed by atoms with Crippen molar-refractivity contribution in [2.24, 2.45) is 0 Å². The predicted octanol–water partition coefficient (Wildman–Crippen LogP) is 8.58. The summed E-state index contributed by atoms with van der Waals surface area (Å²) in [6.45, 7) is 5.52. The van der Waals surface area contributed by atoms with Crippen LogP contribution in [0, 0.1) is 0 Å². The van der Waals surface area contributed by atoms with Gasteiger partial charge in [-0.3, -0.25) is 9.59 Å². The van der Waals surface area contributed by atoms with E-state index in [4.69, 9.17) is 4.74 Å². The number of esters is 1. The SMILES string of the molecule is CCCCCCCCCCCCCCCCCNC(CC(=O)OCCCCCCCCC)C(=O)O. The molecule has 0 aromatic heterocycles. The van der Waals surface area contributed by atoms with Crippen LogP contribution < -0.4 is 5.32 Å². The van der Waals surface area contributed by atoms with E-state index in [9.17, 15) is 14.7 Å². The van der Waals surface area contributed by atoms with Gasteiger partial charge in [-0.15, -0.1) is 0 Å². The second-order valence-electron chi connectivity index (χ2n) is 10.3. The van der Waals surface area contributed by atoms with Crippen molar-refractivity contribution < 1.29 is 19.4 Å². The van der Waals surface area contributed by atoms with Gasteiger partial charge < -0.3 is 15.2 Å². The number of nitrogens with one attached hydrogen (secondary N) is 1. The third-order valence-electron chi connectivity index (χ3n) is 6.85. The number of carbonyl (C=O) groups excluding carboxylic acids is 1. The smallest absolute Gasteiger partial charge is 0.321 e. The number of carboxylic acids is 1. The standard InChI is InChI=1S/C30H59NO4/c1-3-5-7-9-11-12-13-14-15-16-17-18-19-21-23-25-31-28(30(33)34)27-29(32)35-26-24-22-20-10-8-6-4-2/h28,31H,3-27H2,1-2H3,(H,33,34). The van der Waals surface area contributed by atoms with Gasteiger partial charge in [0.25, 0.3) is 0 Å². The molecule has 1 atom stereocenters. The first-order chi connectivity index (χ1) is 17.1. The summed E-state index contributed by atoms with van der Waals surface area (Å²) in [5.74, 6) is -1.38. The number of carboxylic acid groups (broad SMARTS) is 1. The first kappa shape index (κ1) is 33.9. The summed E-state index contributed by atoms with van der Waals surface area (Å²) in [6.07, 6.45) is 27.8. The fourth-order valence-electron chi connectivity index (χ4n) is 4.49. The van der Waals surface area contributed by atoms with Crippen LogP contribution in [0.4, 0.5) is 0 Å². The Kier molecular flexibility index (Phi) is 26.6. The molecule has 35 heavy (non-hydrogen) atoms. The van der Waals surface area contributed by atoms with Crippen LogP contribution in [0.2, 0.25) is 0 Å². The molecular weight excluding hydrogens is 438 g/mol. The zero-order chi connectivity index (χ0) is 25.8. The minimum absolute atomic E-state index is 0.0927. The second-order valence-corrected chi connectivity index (χ2v) is 10.3. The quantitative estimate of drug-likeness (QED) is 0.0836. The van der Waals surface area contributed by atoms with E-state index in [2.05, 4.69) is 19.2 Å². The van der Waals surface area contributed by atoms with E-state index in [1.54, 1.807) is 0 Å². The Morgan fingerprint density at radius 3 is 1.37 bits per heavy atom. The highest BCUT2D eigenvalue weighted by molar-refractivity contribution is 5.81. The Bertz CT molecular complexity index is 469. The third kappa shape index (κ3) is 25.8. The molecular formula is C30H59NO4. The molecule has 2 N–H and O–H groups in total. The van der Waals surface area contributed by atoms with E-state index in [1.165, 1.54) is 116 Å². The highest BCUT2D eigenvalue weighted by Gasteiger charge is 2.21. The van der Waals surface area contributed by atoms with Gasteiger partial charge in [0.15, 0.2) is 0 Å². The van der Waals surface area contributed by atoms with Crippen molar-refractivity contribution in [2.75, 3.05) is 13.2 Å². The molecule has 0 saturated carbocycles. The summed E-state index contributed by atoms with van der Waals surface area (Å²) in [5, 5.41) is 12.4. The van der Waals surface area contributed by atoms with Crippen molar-refractivity contribution in [2.45, 2.75) is 168 Å². The molecule has 0 bridgehead atoms. The summed E-state index contributed by atoms with van der Waals surface area (Å²) in [5.41, 5.74) is 0. The zero-order valence-corrected chi connectivity index (χ0v) is 23.4. The maximum absolute atomic E-state index is 12.0. The summed E-state index contributed by atoms with van der Waals surface area (Å²) in [7, 11) is 0. The minimum Gasteiger partial charge on any atom is -0.480 e. The van der Waals surface area contributed by atoms with Crippen molar-refractivity contribution in [1.29, 1.82) is 0 Å². The lowest BCUT2D eigenvalue weighted by Gasteiger charge is -2.14. The van der Waals surface area contributed by atoms with Gasteiger partial charge in [-0.05, 0) is 19.4 Å². The molecule has 0 heterocycles. The second kappa shape index (κ2) is 27.5. The lowest BCUT2D eigenvalue weighted by molar-refractivity contribution is -0.149. The van der Waals surface area contributed by atoms with Gasteiger partial charge in [0.2, 0.25) is 0 Å². The van der Waals surface area contributed by atoms with Crippen LogP contribution in [0.5, 0.6) is 0 Å². The van der Waals surface area contributed by atoms with Gasteiger partial charge >= 0.3 is 11.9 Å².